The molecule has 1 aromatic carbocycles. The molecule has 0 spiro atoms. The fourth-order valence-electron chi connectivity index (χ4n) is 2.06. The van der Waals surface area contributed by atoms with Gasteiger partial charge in [-0.25, -0.2) is 9.37 Å². The Morgan fingerprint density at radius 3 is 2.58 bits per heavy atom. The van der Waals surface area contributed by atoms with Gasteiger partial charge in [0.25, 0.3) is 0 Å². The number of nitrogens with zero attached hydrogens (tertiary/aromatic N) is 2. The van der Waals surface area contributed by atoms with Crippen LogP contribution in [0.5, 0.6) is 11.6 Å². The van der Waals surface area contributed by atoms with Crippen molar-refractivity contribution in [3.8, 4) is 11.6 Å². The number of fused-ring (bicyclic) bond motifs is 1. The van der Waals surface area contributed by atoms with Gasteiger partial charge in [0.2, 0.25) is 0 Å². The van der Waals surface area contributed by atoms with Crippen LogP contribution in [-0.4, -0.2) is 4.98 Å². The minimum absolute atomic E-state index is 0.00118. The number of hydrogen-bond acceptors (Lipinski definition) is 3. The van der Waals surface area contributed by atoms with Crippen molar-refractivity contribution < 1.29 is 27.0 Å². The monoisotopic (exact) mass is 402 g/mol. The van der Waals surface area contributed by atoms with Gasteiger partial charge in [0, 0.05) is 22.0 Å². The maximum atomic E-state index is 14.0. The van der Waals surface area contributed by atoms with E-state index in [4.69, 9.17) is 4.74 Å². The van der Waals surface area contributed by atoms with Gasteiger partial charge in [-0.2, -0.15) is 13.2 Å². The SMILES string of the molecule is [O-][n+]1ccccc1Oc1cc(C(F)(F)F)nc2c(F)cc(Br)cc12. The van der Waals surface area contributed by atoms with Crippen LogP contribution < -0.4 is 9.47 Å². The Morgan fingerprint density at radius 1 is 1.17 bits per heavy atom. The van der Waals surface area contributed by atoms with Crippen molar-refractivity contribution in [2.45, 2.75) is 6.18 Å². The Bertz CT molecular complexity index is 931. The summed E-state index contributed by atoms with van der Waals surface area (Å²) in [6.45, 7) is 0. The second-order valence-corrected chi connectivity index (χ2v) is 5.67. The third kappa shape index (κ3) is 3.12. The lowest BCUT2D eigenvalue weighted by atomic mass is 10.1. The molecule has 0 saturated carbocycles. The first-order chi connectivity index (χ1) is 11.3. The first-order valence-electron chi connectivity index (χ1n) is 6.49. The summed E-state index contributed by atoms with van der Waals surface area (Å²) >= 11 is 3.06. The minimum Gasteiger partial charge on any atom is -0.616 e. The van der Waals surface area contributed by atoms with E-state index in [0.717, 1.165) is 12.3 Å². The number of aromatic nitrogens is 2. The summed E-state index contributed by atoms with van der Waals surface area (Å²) in [5.41, 5.74) is -1.82. The van der Waals surface area contributed by atoms with Gasteiger partial charge in [0.05, 0.1) is 6.07 Å². The molecule has 0 unspecified atom stereocenters. The van der Waals surface area contributed by atoms with Gasteiger partial charge < -0.3 is 9.94 Å². The zero-order valence-corrected chi connectivity index (χ0v) is 13.2. The number of ether oxygens (including phenoxy) is 1. The predicted molar refractivity (Wildman–Crippen MR) is 79.9 cm³/mol. The molecule has 124 valence electrons. The number of rotatable bonds is 2. The highest BCUT2D eigenvalue weighted by atomic mass is 79.9. The molecule has 0 aliphatic heterocycles. The normalized spacial score (nSPS) is 11.7. The van der Waals surface area contributed by atoms with Gasteiger partial charge in [0.15, 0.2) is 12.0 Å². The topological polar surface area (TPSA) is 49.1 Å². The third-order valence-electron chi connectivity index (χ3n) is 3.09. The highest BCUT2D eigenvalue weighted by molar-refractivity contribution is 9.10. The van der Waals surface area contributed by atoms with E-state index in [2.05, 4.69) is 20.9 Å². The van der Waals surface area contributed by atoms with Crippen LogP contribution in [-0.2, 0) is 6.18 Å². The number of alkyl halides is 3. The zero-order valence-electron chi connectivity index (χ0n) is 11.6. The Hall–Kier alpha value is -2.42. The van der Waals surface area contributed by atoms with Crippen LogP contribution in [0.25, 0.3) is 10.9 Å². The lowest BCUT2D eigenvalue weighted by Crippen LogP contribution is -2.26. The molecule has 0 aliphatic carbocycles. The summed E-state index contributed by atoms with van der Waals surface area (Å²) in [7, 11) is 0. The van der Waals surface area contributed by atoms with Crippen LogP contribution in [0.3, 0.4) is 0 Å². The molecule has 0 amide bonds. The van der Waals surface area contributed by atoms with E-state index >= 15 is 0 Å². The van der Waals surface area contributed by atoms with Gasteiger partial charge in [-0.05, 0) is 18.2 Å². The smallest absolute Gasteiger partial charge is 0.433 e. The molecule has 0 saturated heterocycles. The summed E-state index contributed by atoms with van der Waals surface area (Å²) in [6.07, 6.45) is -3.67. The molecule has 3 aromatic rings. The van der Waals surface area contributed by atoms with Crippen LogP contribution in [0.1, 0.15) is 5.69 Å². The highest BCUT2D eigenvalue weighted by Gasteiger charge is 2.34. The summed E-state index contributed by atoms with van der Waals surface area (Å²) in [4.78, 5) is 3.33. The van der Waals surface area contributed by atoms with Crippen molar-refractivity contribution in [1.82, 2.24) is 4.98 Å². The Morgan fingerprint density at radius 2 is 1.92 bits per heavy atom. The molecule has 24 heavy (non-hydrogen) atoms. The van der Waals surface area contributed by atoms with Gasteiger partial charge in [-0.3, -0.25) is 0 Å². The molecule has 0 fully saturated rings. The number of hydrogen-bond donors (Lipinski definition) is 0. The molecule has 0 aliphatic rings. The van der Waals surface area contributed by atoms with E-state index in [1.54, 1.807) is 0 Å². The average molecular weight is 403 g/mol. The fourth-order valence-corrected chi connectivity index (χ4v) is 2.49. The van der Waals surface area contributed by atoms with Crippen LogP contribution in [0.4, 0.5) is 17.6 Å². The molecule has 0 atom stereocenters. The second-order valence-electron chi connectivity index (χ2n) is 4.75. The number of benzene rings is 1. The van der Waals surface area contributed by atoms with Crippen molar-refractivity contribution in [1.29, 1.82) is 0 Å². The second kappa shape index (κ2) is 5.90. The average Bonchev–Trinajstić information content (AvgIpc) is 2.49. The summed E-state index contributed by atoms with van der Waals surface area (Å²) in [6, 6.07) is 7.17. The Labute approximate surface area is 141 Å². The van der Waals surface area contributed by atoms with Gasteiger partial charge in [0.1, 0.15) is 17.0 Å². The highest BCUT2D eigenvalue weighted by Crippen LogP contribution is 2.37. The maximum Gasteiger partial charge on any atom is 0.433 e. The van der Waals surface area contributed by atoms with Crippen LogP contribution in [0.2, 0.25) is 0 Å². The van der Waals surface area contributed by atoms with Crippen molar-refractivity contribution in [2.75, 3.05) is 0 Å². The van der Waals surface area contributed by atoms with Crippen molar-refractivity contribution in [3.05, 3.63) is 63.8 Å². The van der Waals surface area contributed by atoms with Crippen LogP contribution in [0, 0.1) is 11.0 Å². The lowest BCUT2D eigenvalue weighted by Gasteiger charge is -2.13. The van der Waals surface area contributed by atoms with E-state index in [1.807, 2.05) is 0 Å². The van der Waals surface area contributed by atoms with Gasteiger partial charge >= 0.3 is 12.1 Å². The lowest BCUT2D eigenvalue weighted by molar-refractivity contribution is -0.611. The van der Waals surface area contributed by atoms with Crippen molar-refractivity contribution in [2.24, 2.45) is 0 Å². The van der Waals surface area contributed by atoms with E-state index in [0.29, 0.717) is 15.3 Å². The van der Waals surface area contributed by atoms with Gasteiger partial charge in [-0.15, -0.1) is 4.73 Å². The molecule has 3 rings (SSSR count). The number of halogens is 5. The van der Waals surface area contributed by atoms with Gasteiger partial charge in [-0.1, -0.05) is 15.9 Å². The van der Waals surface area contributed by atoms with Crippen molar-refractivity contribution in [3.63, 3.8) is 0 Å². The van der Waals surface area contributed by atoms with E-state index in [-0.39, 0.29) is 17.0 Å². The van der Waals surface area contributed by atoms with E-state index in [9.17, 15) is 22.8 Å². The summed E-state index contributed by atoms with van der Waals surface area (Å²) in [5.74, 6) is -1.53. The molecule has 2 heterocycles. The zero-order chi connectivity index (χ0) is 17.5. The predicted octanol–water partition coefficient (Wildman–Crippen LogP) is 4.58. The minimum atomic E-state index is -4.80. The van der Waals surface area contributed by atoms with Crippen molar-refractivity contribution >= 4 is 26.8 Å². The summed E-state index contributed by atoms with van der Waals surface area (Å²) in [5, 5.41) is 11.6. The molecule has 9 heteroatoms. The fraction of sp³-hybridized carbons (Fsp3) is 0.0667. The molecular formula is C15H7BrF4N2O2. The molecule has 0 radical (unpaired) electrons. The van der Waals surface area contributed by atoms with Crippen LogP contribution >= 0.6 is 15.9 Å². The van der Waals surface area contributed by atoms with Crippen LogP contribution in [0.15, 0.2) is 47.1 Å². The third-order valence-corrected chi connectivity index (χ3v) is 3.55. The number of pyridine rings is 2. The Balaban J connectivity index is 2.26. The van der Waals surface area contributed by atoms with E-state index in [1.165, 1.54) is 24.3 Å². The molecule has 2 aromatic heterocycles. The molecule has 4 nitrogen and oxygen atoms in total. The largest absolute Gasteiger partial charge is 0.616 e. The van der Waals surface area contributed by atoms with E-state index < -0.39 is 23.2 Å². The standard InChI is InChI=1S/C15H7BrF4N2O2/c16-8-5-9-11(24-13-3-1-2-4-22(13)23)7-12(15(18,19)20)21-14(9)10(17)6-8/h1-7H. The maximum absolute atomic E-state index is 14.0. The first kappa shape index (κ1) is 16.4. The quantitative estimate of drug-likeness (QED) is 0.358. The molecule has 0 bridgehead atoms. The Kier molecular flexibility index (Phi) is 4.04. The summed E-state index contributed by atoms with van der Waals surface area (Å²) < 4.78 is 59.0. The molecule has 0 N–H and O–H groups in total. The molecular weight excluding hydrogens is 396 g/mol. The first-order valence-corrected chi connectivity index (χ1v) is 7.28.